The van der Waals surface area contributed by atoms with E-state index in [2.05, 4.69) is 26.5 Å². The molecule has 224 valence electrons. The molecular weight excluding hydrogens is 654 g/mol. The first-order valence-electron chi connectivity index (χ1n) is 13.2. The number of anilines is 1. The maximum Gasteiger partial charge on any atom is 0.264 e. The third-order valence-electron chi connectivity index (χ3n) is 6.34. The molecule has 0 saturated carbocycles. The topological polar surface area (TPSA) is 97.3 Å². The predicted molar refractivity (Wildman–Crippen MR) is 174 cm³/mol. The van der Waals surface area contributed by atoms with E-state index < -0.39 is 22.5 Å². The minimum atomic E-state index is -4.05. The molecule has 0 heterocycles. The third kappa shape index (κ3) is 8.37. The van der Waals surface area contributed by atoms with Crippen LogP contribution in [0.15, 0.2) is 93.3 Å². The lowest BCUT2D eigenvalue weighted by Gasteiger charge is -2.24. The van der Waals surface area contributed by atoms with Gasteiger partial charge in [0.15, 0.2) is 11.5 Å². The van der Waals surface area contributed by atoms with Crippen LogP contribution in [0.25, 0.3) is 0 Å². The van der Waals surface area contributed by atoms with Gasteiger partial charge in [0.2, 0.25) is 0 Å². The molecule has 1 N–H and O–H groups in total. The first-order chi connectivity index (χ1) is 20.5. The van der Waals surface area contributed by atoms with E-state index in [0.717, 1.165) is 26.6 Å². The van der Waals surface area contributed by atoms with Crippen molar-refractivity contribution in [2.45, 2.75) is 32.3 Å². The summed E-state index contributed by atoms with van der Waals surface area (Å²) >= 11 is 9.47. The van der Waals surface area contributed by atoms with Gasteiger partial charge >= 0.3 is 0 Å². The van der Waals surface area contributed by atoms with Crippen molar-refractivity contribution in [3.8, 4) is 11.5 Å². The number of carbonyl (C=O) groups excluding carboxylic acids is 1. The van der Waals surface area contributed by atoms with Gasteiger partial charge < -0.3 is 9.47 Å². The number of benzene rings is 4. The molecule has 4 aromatic carbocycles. The maximum absolute atomic E-state index is 13.7. The van der Waals surface area contributed by atoms with Crippen LogP contribution in [-0.4, -0.2) is 34.2 Å². The van der Waals surface area contributed by atoms with Crippen LogP contribution in [0.5, 0.6) is 11.5 Å². The standard InChI is InChI=1S/C32H31BrClN3O5S/c1-21-5-11-28(12-6-21)43(39,40)37(27-14-22(2)13-23(3)15-27)19-31(38)36-35-18-25-16-29(33)32(30(17-25)41-4)42-20-24-7-9-26(34)10-8-24/h5-18H,19-20H2,1-4H3,(H,36,38)/b35-18-. The Balaban J connectivity index is 1.50. The Hall–Kier alpha value is -3.86. The molecule has 0 aromatic heterocycles. The van der Waals surface area contributed by atoms with Crippen LogP contribution in [0.1, 0.15) is 27.8 Å². The highest BCUT2D eigenvalue weighted by molar-refractivity contribution is 9.10. The van der Waals surface area contributed by atoms with Crippen LogP contribution in [0.4, 0.5) is 5.69 Å². The molecule has 0 unspecified atom stereocenters. The summed E-state index contributed by atoms with van der Waals surface area (Å²) in [6.07, 6.45) is 1.43. The van der Waals surface area contributed by atoms with E-state index in [0.29, 0.717) is 38.9 Å². The van der Waals surface area contributed by atoms with Crippen molar-refractivity contribution in [2.75, 3.05) is 18.0 Å². The van der Waals surface area contributed by atoms with E-state index in [1.165, 1.54) is 25.5 Å². The third-order valence-corrected chi connectivity index (χ3v) is 8.97. The summed E-state index contributed by atoms with van der Waals surface area (Å²) in [4.78, 5) is 13.1. The van der Waals surface area contributed by atoms with Gasteiger partial charge in [-0.2, -0.15) is 5.10 Å². The number of hydrazone groups is 1. The van der Waals surface area contributed by atoms with Crippen LogP contribution < -0.4 is 19.2 Å². The van der Waals surface area contributed by atoms with Gasteiger partial charge in [-0.25, -0.2) is 13.8 Å². The quantitative estimate of drug-likeness (QED) is 0.136. The summed E-state index contributed by atoms with van der Waals surface area (Å²) in [7, 11) is -2.52. The molecule has 0 fully saturated rings. The first-order valence-corrected chi connectivity index (χ1v) is 15.8. The average Bonchev–Trinajstić information content (AvgIpc) is 2.95. The summed E-state index contributed by atoms with van der Waals surface area (Å²) in [5.74, 6) is 0.352. The Morgan fingerprint density at radius 2 is 1.60 bits per heavy atom. The number of nitrogens with zero attached hydrogens (tertiary/aromatic N) is 2. The summed E-state index contributed by atoms with van der Waals surface area (Å²) < 4.78 is 40.5. The Morgan fingerprint density at radius 3 is 2.23 bits per heavy atom. The molecule has 0 atom stereocenters. The van der Waals surface area contributed by atoms with Crippen molar-refractivity contribution < 1.29 is 22.7 Å². The number of hydrogen-bond donors (Lipinski definition) is 1. The monoisotopic (exact) mass is 683 g/mol. The fraction of sp³-hybridized carbons (Fsp3) is 0.188. The van der Waals surface area contributed by atoms with Crippen molar-refractivity contribution in [3.05, 3.63) is 116 Å². The lowest BCUT2D eigenvalue weighted by molar-refractivity contribution is -0.119. The normalized spacial score (nSPS) is 11.4. The molecule has 4 aromatic rings. The number of methoxy groups -OCH3 is 1. The van der Waals surface area contributed by atoms with Gasteiger partial charge in [0.1, 0.15) is 13.2 Å². The van der Waals surface area contributed by atoms with Gasteiger partial charge in [-0.05, 0) is 107 Å². The Morgan fingerprint density at radius 1 is 0.953 bits per heavy atom. The van der Waals surface area contributed by atoms with Crippen LogP contribution in [-0.2, 0) is 21.4 Å². The lowest BCUT2D eigenvalue weighted by Crippen LogP contribution is -2.39. The van der Waals surface area contributed by atoms with E-state index >= 15 is 0 Å². The number of amides is 1. The fourth-order valence-electron chi connectivity index (χ4n) is 4.28. The molecule has 0 radical (unpaired) electrons. The summed E-state index contributed by atoms with van der Waals surface area (Å²) in [5, 5.41) is 4.70. The Kier molecular flexibility index (Phi) is 10.5. The van der Waals surface area contributed by atoms with E-state index in [-0.39, 0.29) is 4.90 Å². The van der Waals surface area contributed by atoms with Crippen molar-refractivity contribution >= 4 is 55.4 Å². The highest BCUT2D eigenvalue weighted by Gasteiger charge is 2.27. The first kappa shape index (κ1) is 32.1. The molecule has 0 spiro atoms. The summed E-state index contributed by atoms with van der Waals surface area (Å²) in [5.41, 5.74) is 7.05. The van der Waals surface area contributed by atoms with Crippen molar-refractivity contribution in [1.82, 2.24) is 5.43 Å². The largest absolute Gasteiger partial charge is 0.493 e. The van der Waals surface area contributed by atoms with Gasteiger partial charge in [0.25, 0.3) is 15.9 Å². The number of hydrogen-bond acceptors (Lipinski definition) is 6. The minimum Gasteiger partial charge on any atom is -0.493 e. The second kappa shape index (κ2) is 14.1. The molecule has 1 amide bonds. The zero-order valence-corrected chi connectivity index (χ0v) is 27.3. The number of halogens is 2. The van der Waals surface area contributed by atoms with Gasteiger partial charge in [-0.3, -0.25) is 9.10 Å². The molecule has 43 heavy (non-hydrogen) atoms. The van der Waals surface area contributed by atoms with Crippen molar-refractivity contribution in [1.29, 1.82) is 0 Å². The highest BCUT2D eigenvalue weighted by atomic mass is 79.9. The maximum atomic E-state index is 13.7. The number of rotatable bonds is 11. The predicted octanol–water partition coefficient (Wildman–Crippen LogP) is 6.96. The van der Waals surface area contributed by atoms with E-state index in [4.69, 9.17) is 21.1 Å². The zero-order chi connectivity index (χ0) is 31.1. The number of ether oxygens (including phenoxy) is 2. The van der Waals surface area contributed by atoms with Crippen molar-refractivity contribution in [2.24, 2.45) is 5.10 Å². The SMILES string of the molecule is COc1cc(/C=N\NC(=O)CN(c2cc(C)cc(C)c2)S(=O)(=O)c2ccc(C)cc2)cc(Br)c1OCc1ccc(Cl)cc1. The smallest absolute Gasteiger partial charge is 0.264 e. The number of carbonyl (C=O) groups is 1. The van der Waals surface area contributed by atoms with E-state index in [1.807, 2.05) is 39.0 Å². The Labute approximate surface area is 265 Å². The molecule has 8 nitrogen and oxygen atoms in total. The highest BCUT2D eigenvalue weighted by Crippen LogP contribution is 2.37. The van der Waals surface area contributed by atoms with Gasteiger partial charge in [0.05, 0.1) is 28.4 Å². The molecule has 0 saturated heterocycles. The second-order valence-corrected chi connectivity index (χ2v) is 13.1. The van der Waals surface area contributed by atoms with Gasteiger partial charge in [-0.1, -0.05) is 47.5 Å². The van der Waals surface area contributed by atoms with Crippen LogP contribution in [0, 0.1) is 20.8 Å². The molecular formula is C32H31BrClN3O5S. The summed E-state index contributed by atoms with van der Waals surface area (Å²) in [6.45, 7) is 5.45. The zero-order valence-electron chi connectivity index (χ0n) is 24.1. The van der Waals surface area contributed by atoms with Crippen LogP contribution in [0.3, 0.4) is 0 Å². The molecule has 0 aliphatic heterocycles. The molecule has 0 bridgehead atoms. The van der Waals surface area contributed by atoms with Crippen molar-refractivity contribution in [3.63, 3.8) is 0 Å². The number of aryl methyl sites for hydroxylation is 3. The van der Waals surface area contributed by atoms with E-state index in [9.17, 15) is 13.2 Å². The van der Waals surface area contributed by atoms with Gasteiger partial charge in [-0.15, -0.1) is 0 Å². The molecule has 0 aliphatic rings. The van der Waals surface area contributed by atoms with Crippen LogP contribution in [0.2, 0.25) is 5.02 Å². The second-order valence-electron chi connectivity index (χ2n) is 9.91. The fourth-order valence-corrected chi connectivity index (χ4v) is 6.39. The number of sulfonamides is 1. The lowest BCUT2D eigenvalue weighted by atomic mass is 10.1. The Bertz CT molecular complexity index is 1720. The molecule has 0 aliphatic carbocycles. The molecule has 4 rings (SSSR count). The van der Waals surface area contributed by atoms with Crippen LogP contribution >= 0.6 is 27.5 Å². The average molecular weight is 685 g/mol. The molecule has 11 heteroatoms. The van der Waals surface area contributed by atoms with Gasteiger partial charge in [0, 0.05) is 5.02 Å². The minimum absolute atomic E-state index is 0.0869. The van der Waals surface area contributed by atoms with E-state index in [1.54, 1.807) is 48.5 Å². The summed E-state index contributed by atoms with van der Waals surface area (Å²) in [6, 6.07) is 22.7. The number of nitrogens with one attached hydrogen (secondary N) is 1.